The summed E-state index contributed by atoms with van der Waals surface area (Å²) < 4.78 is 0. The third-order valence-corrected chi connectivity index (χ3v) is 4.06. The molecule has 2 N–H and O–H groups in total. The number of aliphatic hydroxyl groups excluding tert-OH is 1. The van der Waals surface area contributed by atoms with Crippen molar-refractivity contribution in [3.8, 4) is 0 Å². The fraction of sp³-hybridized carbons (Fsp3) is 0.462. The van der Waals surface area contributed by atoms with Crippen LogP contribution in [-0.4, -0.2) is 28.9 Å². The smallest absolute Gasteiger partial charge is 0.228 e. The van der Waals surface area contributed by atoms with Gasteiger partial charge < -0.3 is 10.4 Å². The van der Waals surface area contributed by atoms with Crippen LogP contribution in [0.15, 0.2) is 29.2 Å². The number of hydrogen-bond donors (Lipinski definition) is 2. The molecule has 0 aromatic heterocycles. The van der Waals surface area contributed by atoms with Crippen LogP contribution in [0.3, 0.4) is 0 Å². The predicted molar refractivity (Wildman–Crippen MR) is 69.2 cm³/mol. The van der Waals surface area contributed by atoms with Gasteiger partial charge in [0.05, 0.1) is 18.1 Å². The van der Waals surface area contributed by atoms with Gasteiger partial charge in [-0.3, -0.25) is 4.79 Å². The molecule has 1 aliphatic rings. The second-order valence-electron chi connectivity index (χ2n) is 4.93. The lowest BCUT2D eigenvalue weighted by molar-refractivity contribution is -0.124. The first-order chi connectivity index (χ1) is 8.03. The summed E-state index contributed by atoms with van der Waals surface area (Å²) in [6.45, 7) is 3.58. The molecule has 0 aliphatic carbocycles. The molecule has 1 unspecified atom stereocenters. The number of carbonyl (C=O) groups excluding carboxylic acids is 1. The summed E-state index contributed by atoms with van der Waals surface area (Å²) in [5.41, 5.74) is 0.544. The highest BCUT2D eigenvalue weighted by atomic mass is 32.2. The van der Waals surface area contributed by atoms with Crippen molar-refractivity contribution < 1.29 is 9.90 Å². The van der Waals surface area contributed by atoms with E-state index in [9.17, 15) is 4.79 Å². The first-order valence-corrected chi connectivity index (χ1v) is 6.67. The zero-order valence-corrected chi connectivity index (χ0v) is 10.9. The van der Waals surface area contributed by atoms with Gasteiger partial charge >= 0.3 is 0 Å². The van der Waals surface area contributed by atoms with E-state index in [2.05, 4.69) is 5.32 Å². The molecular formula is C13H17NO2S. The summed E-state index contributed by atoms with van der Waals surface area (Å²) in [5.74, 6) is 0.690. The molecule has 0 fully saturated rings. The number of hydrogen-bond acceptors (Lipinski definition) is 3. The van der Waals surface area contributed by atoms with Gasteiger partial charge in [0.15, 0.2) is 0 Å². The second kappa shape index (κ2) is 4.70. The van der Waals surface area contributed by atoms with Crippen molar-refractivity contribution in [1.82, 2.24) is 5.32 Å². The molecule has 4 heteroatoms. The molecule has 2 rings (SSSR count). The van der Waals surface area contributed by atoms with Crippen LogP contribution in [0.5, 0.6) is 0 Å². The minimum atomic E-state index is -0.556. The monoisotopic (exact) mass is 251 g/mol. The zero-order chi connectivity index (χ0) is 12.5. The van der Waals surface area contributed by atoms with Gasteiger partial charge in [-0.05, 0) is 25.5 Å². The molecule has 1 heterocycles. The average molecular weight is 251 g/mol. The molecule has 0 bridgehead atoms. The highest BCUT2D eigenvalue weighted by Crippen LogP contribution is 2.39. The maximum atomic E-state index is 12.1. The number of amides is 1. The van der Waals surface area contributed by atoms with Crippen molar-refractivity contribution in [2.45, 2.75) is 30.2 Å². The van der Waals surface area contributed by atoms with Crippen LogP contribution < -0.4 is 5.32 Å². The van der Waals surface area contributed by atoms with Gasteiger partial charge in [0.2, 0.25) is 5.91 Å². The molecule has 92 valence electrons. The minimum absolute atomic E-state index is 0.00139. The number of fused-ring (bicyclic) bond motifs is 1. The van der Waals surface area contributed by atoms with Crippen LogP contribution in [0.2, 0.25) is 0 Å². The summed E-state index contributed by atoms with van der Waals surface area (Å²) >= 11 is 1.71. The standard InChI is InChI=1S/C13H17NO2S/c1-13(2,8-15)14-12(16)10-7-17-11-6-4-3-5-9(10)11/h3-6,10,15H,7-8H2,1-2H3,(H,14,16). The fourth-order valence-electron chi connectivity index (χ4n) is 1.84. The van der Waals surface area contributed by atoms with E-state index >= 15 is 0 Å². The van der Waals surface area contributed by atoms with E-state index in [4.69, 9.17) is 5.11 Å². The van der Waals surface area contributed by atoms with Gasteiger partial charge in [0, 0.05) is 10.6 Å². The van der Waals surface area contributed by atoms with Gasteiger partial charge in [-0.25, -0.2) is 0 Å². The highest BCUT2D eigenvalue weighted by Gasteiger charge is 2.31. The zero-order valence-electron chi connectivity index (χ0n) is 10.1. The van der Waals surface area contributed by atoms with E-state index in [-0.39, 0.29) is 18.4 Å². The lowest BCUT2D eigenvalue weighted by Crippen LogP contribution is -2.48. The number of aliphatic hydroxyl groups is 1. The van der Waals surface area contributed by atoms with Gasteiger partial charge in [0.1, 0.15) is 0 Å². The molecule has 1 atom stereocenters. The molecular weight excluding hydrogens is 234 g/mol. The number of benzene rings is 1. The Labute approximate surface area is 106 Å². The lowest BCUT2D eigenvalue weighted by Gasteiger charge is -2.25. The van der Waals surface area contributed by atoms with Crippen LogP contribution in [-0.2, 0) is 4.79 Å². The molecule has 0 saturated heterocycles. The molecule has 3 nitrogen and oxygen atoms in total. The quantitative estimate of drug-likeness (QED) is 0.860. The Morgan fingerprint density at radius 2 is 2.24 bits per heavy atom. The van der Waals surface area contributed by atoms with Crippen molar-refractivity contribution in [3.05, 3.63) is 29.8 Å². The topological polar surface area (TPSA) is 49.3 Å². The normalized spacial score (nSPS) is 18.9. The van der Waals surface area contributed by atoms with E-state index in [0.717, 1.165) is 11.3 Å². The van der Waals surface area contributed by atoms with Gasteiger partial charge in [0.25, 0.3) is 0 Å². The Kier molecular flexibility index (Phi) is 3.45. The molecule has 1 aliphatic heterocycles. The molecule has 17 heavy (non-hydrogen) atoms. The maximum Gasteiger partial charge on any atom is 0.228 e. The van der Waals surface area contributed by atoms with Crippen molar-refractivity contribution in [2.75, 3.05) is 12.4 Å². The van der Waals surface area contributed by atoms with Crippen LogP contribution in [0, 0.1) is 0 Å². The Morgan fingerprint density at radius 3 is 2.94 bits per heavy atom. The van der Waals surface area contributed by atoms with E-state index in [0.29, 0.717) is 0 Å². The van der Waals surface area contributed by atoms with E-state index in [1.54, 1.807) is 11.8 Å². The largest absolute Gasteiger partial charge is 0.394 e. The van der Waals surface area contributed by atoms with Crippen LogP contribution in [0.1, 0.15) is 25.3 Å². The van der Waals surface area contributed by atoms with Crippen LogP contribution in [0.25, 0.3) is 0 Å². The number of nitrogens with one attached hydrogen (secondary N) is 1. The maximum absolute atomic E-state index is 12.1. The third-order valence-electron chi connectivity index (χ3n) is 2.87. The molecule has 1 aromatic rings. The first-order valence-electron chi connectivity index (χ1n) is 5.68. The van der Waals surface area contributed by atoms with Gasteiger partial charge in [-0.1, -0.05) is 18.2 Å². The van der Waals surface area contributed by atoms with Crippen LogP contribution >= 0.6 is 11.8 Å². The summed E-state index contributed by atoms with van der Waals surface area (Å²) in [7, 11) is 0. The van der Waals surface area contributed by atoms with Crippen LogP contribution in [0.4, 0.5) is 0 Å². The molecule has 1 aromatic carbocycles. The molecule has 0 radical (unpaired) electrons. The second-order valence-corrected chi connectivity index (χ2v) is 5.99. The summed E-state index contributed by atoms with van der Waals surface area (Å²) in [6, 6.07) is 8.00. The number of rotatable bonds is 3. The first kappa shape index (κ1) is 12.5. The Morgan fingerprint density at radius 1 is 1.53 bits per heavy atom. The Balaban J connectivity index is 2.13. The van der Waals surface area contributed by atoms with Crippen molar-refractivity contribution in [2.24, 2.45) is 0 Å². The van der Waals surface area contributed by atoms with Gasteiger partial charge in [-0.15, -0.1) is 11.8 Å². The SMILES string of the molecule is CC(C)(CO)NC(=O)C1CSc2ccccc21. The fourth-order valence-corrected chi connectivity index (χ4v) is 3.07. The molecule has 0 spiro atoms. The third kappa shape index (κ3) is 2.64. The Hall–Kier alpha value is -1.00. The predicted octanol–water partition coefficient (Wildman–Crippen LogP) is 1.76. The van der Waals surface area contributed by atoms with Crippen molar-refractivity contribution in [1.29, 1.82) is 0 Å². The van der Waals surface area contributed by atoms with Crippen molar-refractivity contribution in [3.63, 3.8) is 0 Å². The number of carbonyl (C=O) groups is 1. The Bertz CT molecular complexity index is 431. The lowest BCUT2D eigenvalue weighted by atomic mass is 9.98. The summed E-state index contributed by atoms with van der Waals surface area (Å²) in [5, 5.41) is 12.0. The van der Waals surface area contributed by atoms with Crippen molar-refractivity contribution >= 4 is 17.7 Å². The molecule has 0 saturated carbocycles. The summed E-state index contributed by atoms with van der Waals surface area (Å²) in [6.07, 6.45) is 0. The van der Waals surface area contributed by atoms with E-state index < -0.39 is 5.54 Å². The average Bonchev–Trinajstić information content (AvgIpc) is 2.72. The van der Waals surface area contributed by atoms with E-state index in [1.807, 2.05) is 38.1 Å². The summed E-state index contributed by atoms with van der Waals surface area (Å²) in [4.78, 5) is 13.3. The van der Waals surface area contributed by atoms with Gasteiger partial charge in [-0.2, -0.15) is 0 Å². The highest BCUT2D eigenvalue weighted by molar-refractivity contribution is 7.99. The minimum Gasteiger partial charge on any atom is -0.394 e. The number of thioether (sulfide) groups is 1. The molecule has 1 amide bonds. The van der Waals surface area contributed by atoms with E-state index in [1.165, 1.54) is 4.90 Å².